The summed E-state index contributed by atoms with van der Waals surface area (Å²) in [5.41, 5.74) is 28.2. The molecular weight excluding hydrogens is 1510 g/mol. The molecule has 0 saturated carbocycles. The fraction of sp³-hybridized carbons (Fsp3) is 0. The zero-order valence-electron chi connectivity index (χ0n) is 67.0. The Morgan fingerprint density at radius 1 is 0.121 bits per heavy atom. The first-order valence-corrected chi connectivity index (χ1v) is 41.7. The number of benzene rings is 16. The summed E-state index contributed by atoms with van der Waals surface area (Å²) in [4.78, 5) is 43.9. The number of pyridine rings is 9. The molecule has 576 valence electrons. The second-order valence-electron chi connectivity index (χ2n) is 31.5. The van der Waals surface area contributed by atoms with Gasteiger partial charge >= 0.3 is 0 Å². The summed E-state index contributed by atoms with van der Waals surface area (Å²) in [5.74, 6) is 0. The Morgan fingerprint density at radius 3 is 0.895 bits per heavy atom. The van der Waals surface area contributed by atoms with Crippen LogP contribution in [-0.2, 0) is 0 Å². The molecule has 9 heterocycles. The second-order valence-corrected chi connectivity index (χ2v) is 31.5. The monoisotopic (exact) mass is 1580 g/mol. The minimum Gasteiger partial charge on any atom is -0.256 e. The number of rotatable bonds is 9. The van der Waals surface area contributed by atoms with Gasteiger partial charge in [0.25, 0.3) is 0 Å². The molecule has 0 aliphatic rings. The van der Waals surface area contributed by atoms with Crippen molar-refractivity contribution in [2.24, 2.45) is 0 Å². The Balaban J connectivity index is 0.000000108. The van der Waals surface area contributed by atoms with Gasteiger partial charge in [-0.2, -0.15) is 0 Å². The summed E-state index contributed by atoms with van der Waals surface area (Å²) in [6.45, 7) is 0. The molecule has 25 rings (SSSR count). The summed E-state index contributed by atoms with van der Waals surface area (Å²) < 4.78 is 0. The first-order chi connectivity index (χ1) is 61.4. The van der Waals surface area contributed by atoms with E-state index in [1.807, 2.05) is 73.2 Å². The van der Waals surface area contributed by atoms with Crippen LogP contribution in [-0.4, -0.2) is 44.9 Å². The lowest BCUT2D eigenvalue weighted by Gasteiger charge is -2.12. The highest BCUT2D eigenvalue weighted by atomic mass is 14.7. The van der Waals surface area contributed by atoms with Crippen LogP contribution < -0.4 is 0 Å². The van der Waals surface area contributed by atoms with Crippen LogP contribution in [0.2, 0.25) is 0 Å². The topological polar surface area (TPSA) is 116 Å². The van der Waals surface area contributed by atoms with Gasteiger partial charge in [-0.05, 0) is 216 Å². The van der Waals surface area contributed by atoms with E-state index in [0.717, 1.165) is 199 Å². The van der Waals surface area contributed by atoms with E-state index < -0.39 is 0 Å². The average molecular weight is 1580 g/mol. The zero-order valence-corrected chi connectivity index (χ0v) is 67.0. The quantitative estimate of drug-likeness (QED) is 0.130. The molecule has 0 bridgehead atoms. The van der Waals surface area contributed by atoms with Crippen LogP contribution in [0.1, 0.15) is 0 Å². The molecule has 9 heteroatoms. The third-order valence-electron chi connectivity index (χ3n) is 24.1. The van der Waals surface area contributed by atoms with Gasteiger partial charge in [0, 0.05) is 100 Å². The van der Waals surface area contributed by atoms with Gasteiger partial charge in [0.15, 0.2) is 0 Å². The van der Waals surface area contributed by atoms with Crippen molar-refractivity contribution in [2.45, 2.75) is 0 Å². The number of nitrogens with zero attached hydrogens (tertiary/aromatic N) is 9. The molecule has 0 aliphatic heterocycles. The van der Waals surface area contributed by atoms with Crippen LogP contribution in [0.5, 0.6) is 0 Å². The molecule has 0 saturated heterocycles. The van der Waals surface area contributed by atoms with Gasteiger partial charge in [0.2, 0.25) is 0 Å². The van der Waals surface area contributed by atoms with Gasteiger partial charge in [-0.15, -0.1) is 0 Å². The van der Waals surface area contributed by atoms with Crippen LogP contribution in [0.15, 0.2) is 431 Å². The van der Waals surface area contributed by atoms with E-state index in [9.17, 15) is 0 Å². The van der Waals surface area contributed by atoms with Crippen molar-refractivity contribution < 1.29 is 0 Å². The molecule has 0 fully saturated rings. The summed E-state index contributed by atoms with van der Waals surface area (Å²) in [6.07, 6.45) is 5.49. The SMILES string of the molecule is c1ccc2c(-c3ccc4cc(-c5ccc6ccc(-c7cccc8ncccc78)nc6c5)ccc4n3)cccc2c1.c1ccc2c(c1)cc(-c1ccc3cc(-c4ccc5ccc(-c6cccc7ncccc67)nc5c4)ccc3n1)c1ccccc12.c1ccc2cc(-c3ccc4cc(-c5ccc6ccc(-c7cccc8ncccc78)nc6c5)ccc4n3)ccc2c1. The Hall–Kier alpha value is -16.8. The molecule has 25 aromatic rings. The lowest BCUT2D eigenvalue weighted by Crippen LogP contribution is -1.90. The van der Waals surface area contributed by atoms with E-state index >= 15 is 0 Å². The maximum atomic E-state index is 5.14. The normalized spacial score (nSPS) is 11.5. The summed E-state index contributed by atoms with van der Waals surface area (Å²) in [6, 6.07) is 145. The molecule has 0 aliphatic carbocycles. The summed E-state index contributed by atoms with van der Waals surface area (Å²) in [7, 11) is 0. The third kappa shape index (κ3) is 13.7. The lowest BCUT2D eigenvalue weighted by atomic mass is 9.95. The minimum absolute atomic E-state index is 0.949. The van der Waals surface area contributed by atoms with E-state index in [2.05, 4.69) is 373 Å². The average Bonchev–Trinajstić information content (AvgIpc) is 0.756. The highest BCUT2D eigenvalue weighted by molar-refractivity contribution is 6.14. The number of aromatic nitrogens is 9. The van der Waals surface area contributed by atoms with Crippen LogP contribution in [0.4, 0.5) is 0 Å². The van der Waals surface area contributed by atoms with E-state index in [1.165, 1.54) is 43.1 Å². The smallest absolute Gasteiger partial charge is 0.0716 e. The van der Waals surface area contributed by atoms with Gasteiger partial charge in [-0.3, -0.25) is 15.0 Å². The third-order valence-corrected chi connectivity index (χ3v) is 24.1. The number of fused-ring (bicyclic) bond motifs is 14. The molecule has 9 nitrogen and oxygen atoms in total. The first-order valence-electron chi connectivity index (χ1n) is 41.7. The Bertz CT molecular complexity index is 8590. The Kier molecular flexibility index (Phi) is 18.0. The van der Waals surface area contributed by atoms with Crippen molar-refractivity contribution >= 4 is 141 Å². The van der Waals surface area contributed by atoms with Crippen molar-refractivity contribution in [2.75, 3.05) is 0 Å². The van der Waals surface area contributed by atoms with Gasteiger partial charge < -0.3 is 0 Å². The fourth-order valence-corrected chi connectivity index (χ4v) is 17.8. The molecule has 16 aromatic carbocycles. The van der Waals surface area contributed by atoms with Crippen LogP contribution in [0.25, 0.3) is 242 Å². The second kappa shape index (κ2) is 30.9. The highest BCUT2D eigenvalue weighted by Gasteiger charge is 2.17. The number of hydrogen-bond donors (Lipinski definition) is 0. The molecule has 0 amide bonds. The molecule has 124 heavy (non-hydrogen) atoms. The summed E-state index contributed by atoms with van der Waals surface area (Å²) in [5, 5.41) is 19.9. The first kappa shape index (κ1) is 72.5. The van der Waals surface area contributed by atoms with Crippen molar-refractivity contribution in [3.63, 3.8) is 0 Å². The van der Waals surface area contributed by atoms with Crippen molar-refractivity contribution in [1.29, 1.82) is 0 Å². The van der Waals surface area contributed by atoms with Crippen molar-refractivity contribution in [1.82, 2.24) is 44.9 Å². The van der Waals surface area contributed by atoms with Crippen molar-refractivity contribution in [3.8, 4) is 101 Å². The Morgan fingerprint density at radius 2 is 0.419 bits per heavy atom. The van der Waals surface area contributed by atoms with E-state index in [-0.39, 0.29) is 0 Å². The maximum Gasteiger partial charge on any atom is 0.0716 e. The van der Waals surface area contributed by atoms with Crippen molar-refractivity contribution in [3.05, 3.63) is 431 Å². The van der Waals surface area contributed by atoms with Gasteiger partial charge in [-0.25, -0.2) is 29.9 Å². The van der Waals surface area contributed by atoms with Gasteiger partial charge in [0.1, 0.15) is 0 Å². The molecular formula is C115H71N9. The zero-order chi connectivity index (χ0) is 82.0. The van der Waals surface area contributed by atoms with Crippen LogP contribution in [0.3, 0.4) is 0 Å². The van der Waals surface area contributed by atoms with E-state index in [1.54, 1.807) is 0 Å². The van der Waals surface area contributed by atoms with E-state index in [0.29, 0.717) is 0 Å². The molecule has 0 spiro atoms. The fourth-order valence-electron chi connectivity index (χ4n) is 17.8. The number of hydrogen-bond acceptors (Lipinski definition) is 9. The van der Waals surface area contributed by atoms with Gasteiger partial charge in [0.05, 0.1) is 83.8 Å². The Labute approximate surface area is 713 Å². The lowest BCUT2D eigenvalue weighted by molar-refractivity contribution is 1.38. The van der Waals surface area contributed by atoms with E-state index in [4.69, 9.17) is 29.9 Å². The maximum absolute atomic E-state index is 5.14. The van der Waals surface area contributed by atoms with Crippen LogP contribution >= 0.6 is 0 Å². The molecule has 0 radical (unpaired) electrons. The summed E-state index contributed by atoms with van der Waals surface area (Å²) >= 11 is 0. The standard InChI is InChI=1S/C41H25N3.2C37H23N3/c1-2-8-31-29(7-1)24-36(33-10-4-3-9-32(31)33)40-21-18-30-23-27(17-19-37(30)43-40)28-15-14-26-16-20-39(44-41(26)25-28)35-11-5-13-38-34(35)12-6-22-42-38;1-2-8-29-24(6-1)7-3-9-30(29)35-20-17-28-22-26(16-18-33(28)39-35)27-14-13-25-15-19-36(40-37(25)23-27)32-10-4-12-34-31(32)11-5-21-38-34;1-2-6-26-21-29(13-10-24(26)5-1)34-18-16-30-22-27(15-17-33(30)39-34)28-12-11-25-14-19-36(40-37(25)23-28)32-7-3-9-35-31(32)8-4-20-38-35/h1-25H;2*1-23H. The molecule has 0 atom stereocenters. The van der Waals surface area contributed by atoms with Gasteiger partial charge in [-0.1, -0.05) is 273 Å². The highest BCUT2D eigenvalue weighted by Crippen LogP contribution is 2.40. The predicted molar refractivity (Wildman–Crippen MR) is 516 cm³/mol. The van der Waals surface area contributed by atoms with Crippen LogP contribution in [0, 0.1) is 0 Å². The predicted octanol–water partition coefficient (Wildman–Crippen LogP) is 29.6. The largest absolute Gasteiger partial charge is 0.256 e. The molecule has 0 unspecified atom stereocenters. The minimum atomic E-state index is 0.949. The molecule has 9 aromatic heterocycles. The molecule has 0 N–H and O–H groups in total.